The minimum atomic E-state index is -0.518. The Morgan fingerprint density at radius 2 is 1.87 bits per heavy atom. The number of hydrogen-bond acceptors (Lipinski definition) is 3. The molecule has 0 unspecified atom stereocenters. The Morgan fingerprint density at radius 3 is 2.27 bits per heavy atom. The van der Waals surface area contributed by atoms with Gasteiger partial charge in [0, 0.05) is 12.1 Å². The highest BCUT2D eigenvalue weighted by Crippen LogP contribution is 2.07. The molecule has 88 valence electrons. The third kappa shape index (κ3) is 5.59. The maximum absolute atomic E-state index is 11.2. The van der Waals surface area contributed by atoms with E-state index >= 15 is 0 Å². The summed E-state index contributed by atoms with van der Waals surface area (Å²) < 4.78 is 0. The lowest BCUT2D eigenvalue weighted by Crippen LogP contribution is -2.51. The van der Waals surface area contributed by atoms with Crippen molar-refractivity contribution in [2.45, 2.75) is 19.4 Å². The summed E-state index contributed by atoms with van der Waals surface area (Å²) in [6, 6.07) is -0.518. The lowest BCUT2D eigenvalue weighted by atomic mass is 10.1. The molecule has 0 fully saturated rings. The van der Waals surface area contributed by atoms with Crippen LogP contribution in [0.5, 0.6) is 0 Å². The van der Waals surface area contributed by atoms with Crippen LogP contribution in [0.3, 0.4) is 0 Å². The molecule has 6 heteroatoms. The van der Waals surface area contributed by atoms with Crippen LogP contribution in [-0.2, 0) is 4.79 Å². The maximum Gasteiger partial charge on any atom is 0.321 e. The van der Waals surface area contributed by atoms with E-state index in [0.29, 0.717) is 6.54 Å². The van der Waals surface area contributed by atoms with E-state index in [0.717, 1.165) is 0 Å². The number of carbonyl (C=O) groups is 2. The molecular weight excluding hydrogens is 218 g/mol. The molecule has 0 aromatic heterocycles. The molecule has 15 heavy (non-hydrogen) atoms. The first-order valence-corrected chi connectivity index (χ1v) is 5.14. The van der Waals surface area contributed by atoms with Crippen LogP contribution < -0.4 is 10.6 Å². The van der Waals surface area contributed by atoms with Crippen LogP contribution >= 0.6 is 11.6 Å². The van der Waals surface area contributed by atoms with Crippen LogP contribution in [-0.4, -0.2) is 48.9 Å². The van der Waals surface area contributed by atoms with Gasteiger partial charge in [-0.3, -0.25) is 10.1 Å². The van der Waals surface area contributed by atoms with Crippen LogP contribution in [0.1, 0.15) is 13.8 Å². The fourth-order valence-corrected chi connectivity index (χ4v) is 0.726. The van der Waals surface area contributed by atoms with Crippen molar-refractivity contribution in [3.8, 4) is 0 Å². The van der Waals surface area contributed by atoms with Crippen molar-refractivity contribution in [3.05, 3.63) is 0 Å². The highest BCUT2D eigenvalue weighted by molar-refractivity contribution is 6.28. The first kappa shape index (κ1) is 14.2. The van der Waals surface area contributed by atoms with Gasteiger partial charge in [-0.25, -0.2) is 4.79 Å². The van der Waals surface area contributed by atoms with Gasteiger partial charge < -0.3 is 10.2 Å². The summed E-state index contributed by atoms with van der Waals surface area (Å²) in [6.45, 7) is 4.41. The number of hydrogen-bond donors (Lipinski definition) is 2. The molecule has 2 N–H and O–H groups in total. The Labute approximate surface area is 95.1 Å². The number of amides is 3. The van der Waals surface area contributed by atoms with Gasteiger partial charge in [-0.15, -0.1) is 11.6 Å². The van der Waals surface area contributed by atoms with E-state index in [1.165, 1.54) is 0 Å². The number of nitrogens with one attached hydrogen (secondary N) is 2. The van der Waals surface area contributed by atoms with E-state index in [4.69, 9.17) is 11.6 Å². The number of nitrogens with zero attached hydrogens (tertiary/aromatic N) is 1. The molecule has 0 radical (unpaired) electrons. The van der Waals surface area contributed by atoms with E-state index in [-0.39, 0.29) is 11.4 Å². The number of urea groups is 1. The number of imide groups is 1. The molecule has 0 aliphatic carbocycles. The Kier molecular flexibility index (Phi) is 5.60. The number of carbonyl (C=O) groups excluding carboxylic acids is 2. The summed E-state index contributed by atoms with van der Waals surface area (Å²) in [5.41, 5.74) is -0.165. The minimum absolute atomic E-state index is 0.165. The quantitative estimate of drug-likeness (QED) is 0.693. The zero-order chi connectivity index (χ0) is 12.1. The number of alkyl halides is 1. The van der Waals surface area contributed by atoms with Crippen molar-refractivity contribution in [2.75, 3.05) is 26.5 Å². The summed E-state index contributed by atoms with van der Waals surface area (Å²) in [7, 11) is 3.84. The van der Waals surface area contributed by atoms with Crippen molar-refractivity contribution in [1.29, 1.82) is 0 Å². The molecule has 0 rings (SSSR count). The molecular formula is C9H18ClN3O2. The molecule has 0 atom stereocenters. The van der Waals surface area contributed by atoms with E-state index in [1.807, 2.05) is 32.8 Å². The normalized spacial score (nSPS) is 11.3. The SMILES string of the molecule is CN(C)C(C)(C)CNC(=O)NC(=O)CCl. The van der Waals surface area contributed by atoms with Gasteiger partial charge in [-0.2, -0.15) is 0 Å². The molecule has 0 aliphatic heterocycles. The van der Waals surface area contributed by atoms with Crippen molar-refractivity contribution in [2.24, 2.45) is 0 Å². The van der Waals surface area contributed by atoms with E-state index in [9.17, 15) is 9.59 Å². The first-order chi connectivity index (χ1) is 6.79. The molecule has 0 saturated heterocycles. The van der Waals surface area contributed by atoms with Gasteiger partial charge in [-0.1, -0.05) is 0 Å². The second kappa shape index (κ2) is 5.92. The van der Waals surface area contributed by atoms with Crippen LogP contribution in [0.2, 0.25) is 0 Å². The summed E-state index contributed by atoms with van der Waals surface area (Å²) in [5.74, 6) is -0.721. The second-order valence-electron chi connectivity index (χ2n) is 4.07. The summed E-state index contributed by atoms with van der Waals surface area (Å²) in [6.07, 6.45) is 0. The minimum Gasteiger partial charge on any atom is -0.336 e. The Bertz CT molecular complexity index is 242. The molecule has 0 bridgehead atoms. The average molecular weight is 236 g/mol. The zero-order valence-corrected chi connectivity index (χ0v) is 10.3. The number of halogens is 1. The molecule has 0 heterocycles. The Balaban J connectivity index is 3.96. The van der Waals surface area contributed by atoms with Gasteiger partial charge in [0.25, 0.3) is 0 Å². The number of likely N-dealkylation sites (N-methyl/N-ethyl adjacent to an activating group) is 1. The highest BCUT2D eigenvalue weighted by Gasteiger charge is 2.21. The molecule has 0 aliphatic rings. The average Bonchev–Trinajstić information content (AvgIpc) is 2.14. The molecule has 0 spiro atoms. The van der Waals surface area contributed by atoms with Crippen molar-refractivity contribution >= 4 is 23.5 Å². The third-order valence-electron chi connectivity index (χ3n) is 2.27. The number of rotatable bonds is 4. The fourth-order valence-electron chi connectivity index (χ4n) is 0.659. The molecule has 5 nitrogen and oxygen atoms in total. The predicted molar refractivity (Wildman–Crippen MR) is 60.0 cm³/mol. The van der Waals surface area contributed by atoms with Gasteiger partial charge in [0.1, 0.15) is 5.88 Å². The fraction of sp³-hybridized carbons (Fsp3) is 0.778. The maximum atomic E-state index is 11.2. The lowest BCUT2D eigenvalue weighted by Gasteiger charge is -2.32. The standard InChI is InChI=1S/C9H18ClN3O2/c1-9(2,13(3)4)6-11-8(15)12-7(14)5-10/h5-6H2,1-4H3,(H2,11,12,14,15). The first-order valence-electron chi connectivity index (χ1n) is 4.60. The van der Waals surface area contributed by atoms with Gasteiger partial charge in [-0.05, 0) is 27.9 Å². The van der Waals surface area contributed by atoms with Crippen LogP contribution in [0.4, 0.5) is 4.79 Å². The van der Waals surface area contributed by atoms with Gasteiger partial charge in [0.2, 0.25) is 5.91 Å². The van der Waals surface area contributed by atoms with Crippen LogP contribution in [0, 0.1) is 0 Å². The summed E-state index contributed by atoms with van der Waals surface area (Å²) >= 11 is 5.24. The smallest absolute Gasteiger partial charge is 0.321 e. The second-order valence-corrected chi connectivity index (χ2v) is 4.34. The van der Waals surface area contributed by atoms with Crippen molar-refractivity contribution < 1.29 is 9.59 Å². The van der Waals surface area contributed by atoms with Crippen LogP contribution in [0.15, 0.2) is 0 Å². The molecule has 0 saturated carbocycles. The summed E-state index contributed by atoms with van der Waals surface area (Å²) in [4.78, 5) is 23.9. The lowest BCUT2D eigenvalue weighted by molar-refractivity contribution is -0.117. The van der Waals surface area contributed by atoms with Crippen molar-refractivity contribution in [1.82, 2.24) is 15.5 Å². The highest BCUT2D eigenvalue weighted by atomic mass is 35.5. The van der Waals surface area contributed by atoms with Gasteiger partial charge in [0.05, 0.1) is 0 Å². The molecule has 3 amide bonds. The topological polar surface area (TPSA) is 61.4 Å². The monoisotopic (exact) mass is 235 g/mol. The predicted octanol–water partition coefficient (Wildman–Crippen LogP) is 0.391. The van der Waals surface area contributed by atoms with Crippen LogP contribution in [0.25, 0.3) is 0 Å². The van der Waals surface area contributed by atoms with E-state index < -0.39 is 11.9 Å². The Morgan fingerprint density at radius 1 is 1.33 bits per heavy atom. The third-order valence-corrected chi connectivity index (χ3v) is 2.51. The van der Waals surface area contributed by atoms with Gasteiger partial charge in [0.15, 0.2) is 0 Å². The van der Waals surface area contributed by atoms with E-state index in [2.05, 4.69) is 10.6 Å². The zero-order valence-electron chi connectivity index (χ0n) is 9.56. The van der Waals surface area contributed by atoms with Gasteiger partial charge >= 0.3 is 6.03 Å². The molecule has 0 aromatic carbocycles. The Hall–Kier alpha value is -0.810. The largest absolute Gasteiger partial charge is 0.336 e. The van der Waals surface area contributed by atoms with E-state index in [1.54, 1.807) is 0 Å². The van der Waals surface area contributed by atoms with Crippen molar-refractivity contribution in [3.63, 3.8) is 0 Å². The summed E-state index contributed by atoms with van der Waals surface area (Å²) in [5, 5.41) is 4.70. The molecule has 0 aromatic rings.